The number of rotatable bonds is 13. The van der Waals surface area contributed by atoms with Gasteiger partial charge in [0.1, 0.15) is 12.2 Å². The normalized spacial score (nSPS) is 20.1. The maximum Gasteiger partial charge on any atom is 0.137 e. The number of carbonyl (C=O) groups excluding carboxylic acids is 2. The summed E-state index contributed by atoms with van der Waals surface area (Å²) in [6.45, 7) is 4.87. The van der Waals surface area contributed by atoms with Gasteiger partial charge in [0.15, 0.2) is 0 Å². The Kier molecular flexibility index (Phi) is 11.5. The molecule has 0 saturated carbocycles. The Morgan fingerprint density at radius 3 is 1.78 bits per heavy atom. The Morgan fingerprint density at radius 2 is 1.37 bits per heavy atom. The van der Waals surface area contributed by atoms with Crippen molar-refractivity contribution < 1.29 is 39.9 Å². The topological polar surface area (TPSA) is 169 Å². The van der Waals surface area contributed by atoms with Crippen molar-refractivity contribution in [2.45, 2.75) is 75.6 Å². The quantitative estimate of drug-likeness (QED) is 0.245. The van der Waals surface area contributed by atoms with Crippen LogP contribution in [0.25, 0.3) is 0 Å². The summed E-state index contributed by atoms with van der Waals surface area (Å²) in [6.07, 6.45) is -6.11. The van der Waals surface area contributed by atoms with Crippen LogP contribution in [-0.4, -0.2) is 106 Å². The van der Waals surface area contributed by atoms with Crippen molar-refractivity contribution in [3.63, 3.8) is 0 Å². The van der Waals surface area contributed by atoms with Crippen LogP contribution in [0.5, 0.6) is 0 Å². The van der Waals surface area contributed by atoms with Gasteiger partial charge in [-0.1, -0.05) is 60.7 Å². The molecule has 3 rings (SSSR count). The van der Waals surface area contributed by atoms with E-state index in [0.717, 1.165) is 20.9 Å². The van der Waals surface area contributed by atoms with Crippen molar-refractivity contribution in [3.8, 4) is 0 Å². The fourth-order valence-electron chi connectivity index (χ4n) is 5.40. The van der Waals surface area contributed by atoms with E-state index in [1.54, 1.807) is 45.0 Å². The molecule has 11 nitrogen and oxygen atoms in total. The van der Waals surface area contributed by atoms with E-state index in [0.29, 0.717) is 0 Å². The lowest BCUT2D eigenvalue weighted by Crippen LogP contribution is -2.62. The Morgan fingerprint density at radius 1 is 0.878 bits per heavy atom. The number of nitrogens with zero attached hydrogens (tertiary/aromatic N) is 2. The lowest BCUT2D eigenvalue weighted by atomic mass is 9.94. The highest BCUT2D eigenvalue weighted by molar-refractivity contribution is 5.64. The molecule has 4 N–H and O–H groups in total. The molecule has 0 unspecified atom stereocenters. The first kappa shape index (κ1) is 32.3. The van der Waals surface area contributed by atoms with E-state index < -0.39 is 54.2 Å². The van der Waals surface area contributed by atoms with E-state index in [1.165, 1.54) is 0 Å². The molecule has 2 aromatic carbocycles. The summed E-state index contributed by atoms with van der Waals surface area (Å²) in [4.78, 5) is 26.5. The zero-order valence-electron chi connectivity index (χ0n) is 23.8. The molecule has 0 aliphatic carbocycles. The van der Waals surface area contributed by atoms with Crippen LogP contribution in [0.15, 0.2) is 60.7 Å². The Hall–Kier alpha value is -3.22. The van der Waals surface area contributed by atoms with Gasteiger partial charge < -0.3 is 55.0 Å². The van der Waals surface area contributed by atoms with Gasteiger partial charge in [0.2, 0.25) is 0 Å². The molecule has 0 bridgehead atoms. The van der Waals surface area contributed by atoms with Crippen molar-refractivity contribution in [3.05, 3.63) is 71.8 Å². The zero-order chi connectivity index (χ0) is 30.2. The molecule has 0 radical (unpaired) electrons. The third kappa shape index (κ3) is 8.88. The van der Waals surface area contributed by atoms with Gasteiger partial charge in [-0.25, -0.2) is 0 Å². The van der Waals surface area contributed by atoms with Gasteiger partial charge >= 0.3 is 0 Å². The summed E-state index contributed by atoms with van der Waals surface area (Å²) < 4.78 is 5.27. The minimum Gasteiger partial charge on any atom is -0.530 e. The van der Waals surface area contributed by atoms with Crippen molar-refractivity contribution in [2.75, 3.05) is 26.3 Å². The molecule has 0 spiro atoms. The van der Waals surface area contributed by atoms with Gasteiger partial charge in [-0.3, -0.25) is 0 Å². The van der Waals surface area contributed by atoms with E-state index in [-0.39, 0.29) is 39.1 Å². The largest absolute Gasteiger partial charge is 0.530 e. The van der Waals surface area contributed by atoms with Gasteiger partial charge in [-0.15, -0.1) is 0 Å². The van der Waals surface area contributed by atoms with E-state index in [9.17, 15) is 35.1 Å². The minimum atomic E-state index is -1.54. The number of ether oxygens (including phenoxy) is 1. The van der Waals surface area contributed by atoms with Gasteiger partial charge in [-0.05, 0) is 44.7 Å². The highest BCUT2D eigenvalue weighted by Crippen LogP contribution is 2.23. The number of carbonyl (C=O) groups is 2. The van der Waals surface area contributed by atoms with Crippen LogP contribution in [0, 0.1) is 0 Å². The average molecular weight is 572 g/mol. The van der Waals surface area contributed by atoms with E-state index in [2.05, 4.69) is 5.32 Å². The molecule has 2 amide bonds. The third-order valence-corrected chi connectivity index (χ3v) is 7.37. The van der Waals surface area contributed by atoms with Crippen LogP contribution in [-0.2, 0) is 17.6 Å². The smallest absolute Gasteiger partial charge is 0.137 e. The SMILES string of the molecule is CC(C)(C)N(C(=O)[O-])[C@@H](Cc1ccccc1)[C@H](O)CNC[C@@H](O)[C@H](Cc1ccccc1)N(C(=O)[O-])[C@@H]1COC[C@@H]1O. The second-order valence-corrected chi connectivity index (χ2v) is 11.5. The molecular weight excluding hydrogens is 530 g/mol. The summed E-state index contributed by atoms with van der Waals surface area (Å²) >= 11 is 0. The van der Waals surface area contributed by atoms with Gasteiger partial charge in [0.25, 0.3) is 0 Å². The summed E-state index contributed by atoms with van der Waals surface area (Å²) in [7, 11) is 0. The first-order chi connectivity index (χ1) is 19.4. The van der Waals surface area contributed by atoms with Crippen LogP contribution in [0.4, 0.5) is 9.59 Å². The monoisotopic (exact) mass is 571 g/mol. The number of hydrogen-bond donors (Lipinski definition) is 4. The molecule has 1 fully saturated rings. The van der Waals surface area contributed by atoms with Gasteiger partial charge in [0.05, 0.1) is 49.7 Å². The lowest BCUT2D eigenvalue weighted by molar-refractivity contribution is -0.275. The Bertz CT molecular complexity index is 1100. The molecule has 226 valence electrons. The second-order valence-electron chi connectivity index (χ2n) is 11.5. The highest BCUT2D eigenvalue weighted by Gasteiger charge is 2.39. The number of hydrogen-bond acceptors (Lipinski definition) is 9. The standard InChI is InChI=1S/C30H43N3O8/c1-30(2,3)33(29(39)40)23(15-21-12-8-5-9-13-21)26(35)17-31-16-25(34)22(14-20-10-6-4-7-11-20)32(28(37)38)24-18-41-19-27(24)36/h4-13,22-27,31,34-36H,14-19H2,1-3H3,(H,37,38)(H,39,40)/p-2/t22-,23-,24+,25+,26+,27-/m0/s1. The maximum absolute atomic E-state index is 12.3. The first-order valence-corrected chi connectivity index (χ1v) is 13.8. The van der Waals surface area contributed by atoms with Crippen LogP contribution >= 0.6 is 0 Å². The van der Waals surface area contributed by atoms with Crippen LogP contribution in [0.2, 0.25) is 0 Å². The molecule has 0 aromatic heterocycles. The number of carboxylic acid groups (broad SMARTS) is 2. The molecule has 1 heterocycles. The fourth-order valence-corrected chi connectivity index (χ4v) is 5.40. The molecule has 1 aliphatic heterocycles. The summed E-state index contributed by atoms with van der Waals surface area (Å²) in [5.41, 5.74) is 0.740. The van der Waals surface area contributed by atoms with Gasteiger partial charge in [0, 0.05) is 18.6 Å². The number of aliphatic hydroxyl groups excluding tert-OH is 3. The van der Waals surface area contributed by atoms with Crippen molar-refractivity contribution in [2.24, 2.45) is 0 Å². The zero-order valence-corrected chi connectivity index (χ0v) is 23.8. The Balaban J connectivity index is 1.77. The van der Waals surface area contributed by atoms with Gasteiger partial charge in [-0.2, -0.15) is 0 Å². The second kappa shape index (κ2) is 14.6. The van der Waals surface area contributed by atoms with Crippen LogP contribution in [0.1, 0.15) is 31.9 Å². The first-order valence-electron chi connectivity index (χ1n) is 13.8. The van der Waals surface area contributed by atoms with Crippen molar-refractivity contribution in [1.82, 2.24) is 15.1 Å². The maximum atomic E-state index is 12.3. The van der Waals surface area contributed by atoms with Crippen molar-refractivity contribution >= 4 is 12.2 Å². The number of aliphatic hydroxyl groups is 3. The predicted molar refractivity (Wildman–Crippen MR) is 148 cm³/mol. The number of benzene rings is 2. The lowest BCUT2D eigenvalue weighted by Gasteiger charge is -2.46. The van der Waals surface area contributed by atoms with Crippen LogP contribution < -0.4 is 15.5 Å². The number of nitrogens with one attached hydrogen (secondary N) is 1. The summed E-state index contributed by atoms with van der Waals surface area (Å²) in [6, 6.07) is 15.5. The Labute approximate surface area is 241 Å². The average Bonchev–Trinajstić information content (AvgIpc) is 3.32. The fraction of sp³-hybridized carbons (Fsp3) is 0.533. The number of amides is 2. The third-order valence-electron chi connectivity index (χ3n) is 7.37. The predicted octanol–water partition coefficient (Wildman–Crippen LogP) is -0.631. The van der Waals surface area contributed by atoms with E-state index >= 15 is 0 Å². The summed E-state index contributed by atoms with van der Waals surface area (Å²) in [5, 5.41) is 60.2. The molecule has 2 aromatic rings. The molecule has 11 heteroatoms. The van der Waals surface area contributed by atoms with Crippen LogP contribution in [0.3, 0.4) is 0 Å². The van der Waals surface area contributed by atoms with E-state index in [1.807, 2.05) is 36.4 Å². The molecule has 6 atom stereocenters. The summed E-state index contributed by atoms with van der Waals surface area (Å²) in [5.74, 6) is 0. The molecule has 41 heavy (non-hydrogen) atoms. The molecular formula is C30H41N3O8-2. The highest BCUT2D eigenvalue weighted by atomic mass is 16.5. The van der Waals surface area contributed by atoms with E-state index in [4.69, 9.17) is 4.74 Å². The molecule has 1 aliphatic rings. The van der Waals surface area contributed by atoms with Crippen molar-refractivity contribution in [1.29, 1.82) is 0 Å². The molecule has 1 saturated heterocycles. The minimum absolute atomic E-state index is 0.0292.